The summed E-state index contributed by atoms with van der Waals surface area (Å²) in [4.78, 5) is 1.47. The van der Waals surface area contributed by atoms with Crippen LogP contribution in [0.25, 0.3) is 22.3 Å². The minimum Gasteiger partial charge on any atom is -0.206 e. The Labute approximate surface area is 161 Å². The molecule has 0 aromatic heterocycles. The van der Waals surface area contributed by atoms with Crippen molar-refractivity contribution in [1.82, 2.24) is 0 Å². The van der Waals surface area contributed by atoms with Gasteiger partial charge in [-0.15, -0.1) is 0 Å². The van der Waals surface area contributed by atoms with Crippen molar-refractivity contribution in [1.29, 1.82) is 0 Å². The lowest BCUT2D eigenvalue weighted by molar-refractivity contribution is 0.627. The van der Waals surface area contributed by atoms with Crippen molar-refractivity contribution in [3.05, 3.63) is 109 Å². The molecular weight excluding hydrogens is 358 g/mol. The largest absolute Gasteiger partial charge is 0.206 e. The highest BCUT2D eigenvalue weighted by molar-refractivity contribution is 7.99. The van der Waals surface area contributed by atoms with E-state index in [0.717, 1.165) is 20.9 Å². The molecule has 4 aromatic carbocycles. The molecule has 0 atom stereocenters. The van der Waals surface area contributed by atoms with E-state index in [2.05, 4.69) is 0 Å². The van der Waals surface area contributed by atoms with Crippen LogP contribution >= 0.6 is 11.8 Å². The maximum Gasteiger partial charge on any atom is 0.132 e. The van der Waals surface area contributed by atoms with E-state index in [1.54, 1.807) is 12.1 Å². The Morgan fingerprint density at radius 1 is 0.481 bits per heavy atom. The SMILES string of the molecule is Fc1cc(Sc2ccc(-c3ccccc3)c(F)c2)ccc1-c1ccccc1. The highest BCUT2D eigenvalue weighted by Gasteiger charge is 2.09. The highest BCUT2D eigenvalue weighted by atomic mass is 32.2. The van der Waals surface area contributed by atoms with E-state index in [1.807, 2.05) is 72.8 Å². The second kappa shape index (κ2) is 7.77. The highest BCUT2D eigenvalue weighted by Crippen LogP contribution is 2.34. The molecule has 3 heteroatoms. The van der Waals surface area contributed by atoms with Gasteiger partial charge in [-0.25, -0.2) is 8.78 Å². The summed E-state index contributed by atoms with van der Waals surface area (Å²) < 4.78 is 29.0. The van der Waals surface area contributed by atoms with Crippen LogP contribution in [-0.4, -0.2) is 0 Å². The molecule has 0 aliphatic rings. The maximum absolute atomic E-state index is 14.5. The van der Waals surface area contributed by atoms with Crippen molar-refractivity contribution < 1.29 is 8.78 Å². The van der Waals surface area contributed by atoms with E-state index in [0.29, 0.717) is 11.1 Å². The molecule has 0 unspecified atom stereocenters. The predicted octanol–water partition coefficient (Wildman–Crippen LogP) is 7.45. The lowest BCUT2D eigenvalue weighted by Crippen LogP contribution is -1.87. The summed E-state index contributed by atoms with van der Waals surface area (Å²) in [6.45, 7) is 0. The van der Waals surface area contributed by atoms with Gasteiger partial charge in [0.25, 0.3) is 0 Å². The Balaban J connectivity index is 1.58. The number of hydrogen-bond acceptors (Lipinski definition) is 1. The van der Waals surface area contributed by atoms with Gasteiger partial charge in [0.2, 0.25) is 0 Å². The van der Waals surface area contributed by atoms with E-state index in [4.69, 9.17) is 0 Å². The zero-order valence-corrected chi connectivity index (χ0v) is 15.2. The summed E-state index contributed by atoms with van der Waals surface area (Å²) in [7, 11) is 0. The molecule has 0 heterocycles. The third-order valence-corrected chi connectivity index (χ3v) is 5.27. The lowest BCUT2D eigenvalue weighted by Gasteiger charge is -2.08. The van der Waals surface area contributed by atoms with Crippen molar-refractivity contribution in [2.45, 2.75) is 9.79 Å². The van der Waals surface area contributed by atoms with Crippen molar-refractivity contribution in [2.75, 3.05) is 0 Å². The smallest absolute Gasteiger partial charge is 0.132 e. The Morgan fingerprint density at radius 3 is 1.26 bits per heavy atom. The minimum absolute atomic E-state index is 0.285. The fourth-order valence-electron chi connectivity index (χ4n) is 2.96. The average molecular weight is 374 g/mol. The lowest BCUT2D eigenvalue weighted by atomic mass is 10.1. The van der Waals surface area contributed by atoms with Gasteiger partial charge in [0.05, 0.1) is 0 Å². The summed E-state index contributed by atoms with van der Waals surface area (Å²) in [5.74, 6) is -0.569. The Kier molecular flexibility index (Phi) is 5.03. The van der Waals surface area contributed by atoms with Crippen molar-refractivity contribution in [2.24, 2.45) is 0 Å². The normalized spacial score (nSPS) is 10.7. The Hall–Kier alpha value is -2.91. The quantitative estimate of drug-likeness (QED) is 0.357. The average Bonchev–Trinajstić information content (AvgIpc) is 2.70. The molecule has 0 bridgehead atoms. The van der Waals surface area contributed by atoms with Gasteiger partial charge in [0.15, 0.2) is 0 Å². The maximum atomic E-state index is 14.5. The third kappa shape index (κ3) is 3.93. The first kappa shape index (κ1) is 17.5. The van der Waals surface area contributed by atoms with Crippen LogP contribution in [0.5, 0.6) is 0 Å². The van der Waals surface area contributed by atoms with Crippen molar-refractivity contribution in [3.8, 4) is 22.3 Å². The second-order valence-corrected chi connectivity index (χ2v) is 7.26. The van der Waals surface area contributed by atoms with Gasteiger partial charge in [-0.2, -0.15) is 0 Å². The number of halogens is 2. The van der Waals surface area contributed by atoms with Gasteiger partial charge in [-0.3, -0.25) is 0 Å². The van der Waals surface area contributed by atoms with Gasteiger partial charge in [-0.05, 0) is 35.4 Å². The van der Waals surface area contributed by atoms with E-state index < -0.39 is 0 Å². The molecule has 0 N–H and O–H groups in total. The second-order valence-electron chi connectivity index (χ2n) is 6.12. The number of benzene rings is 4. The summed E-state index contributed by atoms with van der Waals surface area (Å²) in [5, 5.41) is 0. The number of hydrogen-bond donors (Lipinski definition) is 0. The molecule has 0 aliphatic carbocycles. The van der Waals surface area contributed by atoms with Crippen LogP contribution in [0.2, 0.25) is 0 Å². The zero-order valence-electron chi connectivity index (χ0n) is 14.4. The molecule has 4 rings (SSSR count). The van der Waals surface area contributed by atoms with E-state index in [1.165, 1.54) is 23.9 Å². The monoisotopic (exact) mass is 374 g/mol. The molecule has 0 amide bonds. The molecule has 4 aromatic rings. The zero-order chi connectivity index (χ0) is 18.6. The first-order valence-corrected chi connectivity index (χ1v) is 9.40. The van der Waals surface area contributed by atoms with Gasteiger partial charge < -0.3 is 0 Å². The van der Waals surface area contributed by atoms with E-state index in [-0.39, 0.29) is 11.6 Å². The first-order chi connectivity index (χ1) is 13.2. The van der Waals surface area contributed by atoms with Crippen LogP contribution in [0.3, 0.4) is 0 Å². The van der Waals surface area contributed by atoms with Crippen LogP contribution in [-0.2, 0) is 0 Å². The molecule has 0 spiro atoms. The Morgan fingerprint density at radius 2 is 0.889 bits per heavy atom. The predicted molar refractivity (Wildman–Crippen MR) is 108 cm³/mol. The van der Waals surface area contributed by atoms with Crippen LogP contribution in [0, 0.1) is 11.6 Å². The summed E-state index contributed by atoms with van der Waals surface area (Å²) in [6.07, 6.45) is 0. The first-order valence-electron chi connectivity index (χ1n) is 8.58. The molecule has 0 aliphatic heterocycles. The number of rotatable bonds is 4. The third-order valence-electron chi connectivity index (χ3n) is 4.29. The summed E-state index contributed by atoms with van der Waals surface area (Å²) in [5.41, 5.74) is 2.80. The molecule has 0 radical (unpaired) electrons. The molecule has 132 valence electrons. The van der Waals surface area contributed by atoms with Crippen LogP contribution in [0.4, 0.5) is 8.78 Å². The van der Waals surface area contributed by atoms with Gasteiger partial charge >= 0.3 is 0 Å². The van der Waals surface area contributed by atoms with Crippen LogP contribution in [0.1, 0.15) is 0 Å². The van der Waals surface area contributed by atoms with Crippen molar-refractivity contribution >= 4 is 11.8 Å². The fraction of sp³-hybridized carbons (Fsp3) is 0. The van der Waals surface area contributed by atoms with Gasteiger partial charge in [0, 0.05) is 20.9 Å². The van der Waals surface area contributed by atoms with Crippen molar-refractivity contribution in [3.63, 3.8) is 0 Å². The molecule has 0 saturated heterocycles. The standard InChI is InChI=1S/C24H16F2S/c25-23-15-19(11-13-21(23)17-7-3-1-4-8-17)27-20-12-14-22(24(26)16-20)18-9-5-2-6-10-18/h1-16H. The Bertz CT molecular complexity index is 973. The van der Waals surface area contributed by atoms with Gasteiger partial charge in [0.1, 0.15) is 11.6 Å². The molecule has 0 fully saturated rings. The topological polar surface area (TPSA) is 0 Å². The fourth-order valence-corrected chi connectivity index (χ4v) is 3.83. The molecule has 27 heavy (non-hydrogen) atoms. The molecule has 0 saturated carbocycles. The minimum atomic E-state index is -0.285. The summed E-state index contributed by atoms with van der Waals surface area (Å²) in [6, 6.07) is 29.1. The van der Waals surface area contributed by atoms with Crippen LogP contribution < -0.4 is 0 Å². The summed E-state index contributed by atoms with van der Waals surface area (Å²) >= 11 is 1.34. The molecule has 0 nitrogen and oxygen atoms in total. The van der Waals surface area contributed by atoms with E-state index >= 15 is 0 Å². The van der Waals surface area contributed by atoms with E-state index in [9.17, 15) is 8.78 Å². The van der Waals surface area contributed by atoms with Crippen LogP contribution in [0.15, 0.2) is 107 Å². The molecular formula is C24H16F2S. The van der Waals surface area contributed by atoms with Gasteiger partial charge in [-0.1, -0.05) is 84.6 Å².